The van der Waals surface area contributed by atoms with Crippen molar-refractivity contribution < 1.29 is 19.1 Å². The molecule has 1 aromatic rings. The lowest BCUT2D eigenvalue weighted by atomic mass is 10.2. The molecule has 0 fully saturated rings. The van der Waals surface area contributed by atoms with Gasteiger partial charge in [-0.25, -0.2) is 9.18 Å². The SMILES string of the molecule is C=CC(=O)Nc1ccc(C(=O)O)c(F)c1. The molecule has 1 rings (SSSR count). The highest BCUT2D eigenvalue weighted by Gasteiger charge is 2.10. The van der Waals surface area contributed by atoms with Gasteiger partial charge in [0.25, 0.3) is 0 Å². The molecule has 2 N–H and O–H groups in total. The van der Waals surface area contributed by atoms with Crippen molar-refractivity contribution in [3.63, 3.8) is 0 Å². The van der Waals surface area contributed by atoms with Crippen LogP contribution in [0.15, 0.2) is 30.9 Å². The van der Waals surface area contributed by atoms with E-state index in [4.69, 9.17) is 5.11 Å². The van der Waals surface area contributed by atoms with E-state index in [-0.39, 0.29) is 5.69 Å². The standard InChI is InChI=1S/C10H8FNO3/c1-2-9(13)12-6-3-4-7(10(14)15)8(11)5-6/h2-5H,1H2,(H,12,13)(H,14,15). The predicted octanol–water partition coefficient (Wildman–Crippen LogP) is 1.65. The minimum absolute atomic E-state index is 0.183. The molecular weight excluding hydrogens is 201 g/mol. The number of carboxylic acids is 1. The Labute approximate surface area is 85.0 Å². The normalized spacial score (nSPS) is 9.40. The van der Waals surface area contributed by atoms with Gasteiger partial charge in [0.05, 0.1) is 5.56 Å². The first kappa shape index (κ1) is 10.9. The van der Waals surface area contributed by atoms with E-state index in [0.29, 0.717) is 0 Å². The van der Waals surface area contributed by atoms with Crippen molar-refractivity contribution in [2.75, 3.05) is 5.32 Å². The van der Waals surface area contributed by atoms with Gasteiger partial charge in [0.2, 0.25) is 5.91 Å². The Kier molecular flexibility index (Phi) is 3.17. The van der Waals surface area contributed by atoms with Gasteiger partial charge in [-0.05, 0) is 24.3 Å². The Morgan fingerprint density at radius 1 is 1.47 bits per heavy atom. The molecule has 0 radical (unpaired) electrons. The van der Waals surface area contributed by atoms with Crippen LogP contribution in [0.25, 0.3) is 0 Å². The molecule has 0 atom stereocenters. The summed E-state index contributed by atoms with van der Waals surface area (Å²) in [6.45, 7) is 3.23. The average Bonchev–Trinajstić information content (AvgIpc) is 2.17. The third-order valence-corrected chi connectivity index (χ3v) is 1.65. The van der Waals surface area contributed by atoms with Crippen molar-refractivity contribution >= 4 is 17.6 Å². The highest BCUT2D eigenvalue weighted by Crippen LogP contribution is 2.14. The molecule has 1 aromatic carbocycles. The van der Waals surface area contributed by atoms with Crippen LogP contribution in [-0.2, 0) is 4.79 Å². The lowest BCUT2D eigenvalue weighted by molar-refractivity contribution is -0.111. The third-order valence-electron chi connectivity index (χ3n) is 1.65. The summed E-state index contributed by atoms with van der Waals surface area (Å²) in [6, 6.07) is 3.31. The smallest absolute Gasteiger partial charge is 0.338 e. The van der Waals surface area contributed by atoms with E-state index in [1.165, 1.54) is 6.07 Å². The first-order chi connectivity index (χ1) is 7.04. The fourth-order valence-corrected chi connectivity index (χ4v) is 0.960. The molecule has 4 nitrogen and oxygen atoms in total. The average molecular weight is 209 g/mol. The maximum Gasteiger partial charge on any atom is 0.338 e. The van der Waals surface area contributed by atoms with E-state index in [1.54, 1.807) is 0 Å². The van der Waals surface area contributed by atoms with Gasteiger partial charge >= 0.3 is 5.97 Å². The van der Waals surface area contributed by atoms with Crippen molar-refractivity contribution in [3.05, 3.63) is 42.2 Å². The molecule has 0 saturated heterocycles. The number of halogens is 1. The highest BCUT2D eigenvalue weighted by molar-refractivity contribution is 5.99. The van der Waals surface area contributed by atoms with Crippen LogP contribution in [0.4, 0.5) is 10.1 Å². The second kappa shape index (κ2) is 4.36. The predicted molar refractivity (Wildman–Crippen MR) is 52.2 cm³/mol. The summed E-state index contributed by atoms with van der Waals surface area (Å²) >= 11 is 0. The molecule has 0 aliphatic heterocycles. The molecule has 0 aliphatic rings. The fourth-order valence-electron chi connectivity index (χ4n) is 0.960. The van der Waals surface area contributed by atoms with Gasteiger partial charge in [-0.15, -0.1) is 0 Å². The maximum atomic E-state index is 13.1. The lowest BCUT2D eigenvalue weighted by Crippen LogP contribution is -2.08. The number of benzene rings is 1. The summed E-state index contributed by atoms with van der Waals surface area (Å²) in [4.78, 5) is 21.3. The Morgan fingerprint density at radius 2 is 2.13 bits per heavy atom. The molecular formula is C10H8FNO3. The Bertz CT molecular complexity index is 429. The minimum atomic E-state index is -1.35. The first-order valence-corrected chi connectivity index (χ1v) is 4.01. The number of carboxylic acid groups (broad SMARTS) is 1. The maximum absolute atomic E-state index is 13.1. The number of hydrogen-bond donors (Lipinski definition) is 2. The number of aromatic carboxylic acids is 1. The highest BCUT2D eigenvalue weighted by atomic mass is 19.1. The largest absolute Gasteiger partial charge is 0.478 e. The van der Waals surface area contributed by atoms with Gasteiger partial charge in [-0.3, -0.25) is 4.79 Å². The number of nitrogens with one attached hydrogen (secondary N) is 1. The number of anilines is 1. The van der Waals surface area contributed by atoms with Gasteiger partial charge in [0, 0.05) is 5.69 Å². The van der Waals surface area contributed by atoms with Gasteiger partial charge in [0.15, 0.2) is 0 Å². The van der Waals surface area contributed by atoms with Crippen molar-refractivity contribution in [1.29, 1.82) is 0 Å². The van der Waals surface area contributed by atoms with Crippen molar-refractivity contribution in [2.24, 2.45) is 0 Å². The molecule has 0 spiro atoms. The van der Waals surface area contributed by atoms with Crippen LogP contribution >= 0.6 is 0 Å². The summed E-state index contributed by atoms with van der Waals surface area (Å²) < 4.78 is 13.1. The van der Waals surface area contributed by atoms with E-state index in [2.05, 4.69) is 11.9 Å². The van der Waals surface area contributed by atoms with Gasteiger partial charge in [-0.1, -0.05) is 6.58 Å². The monoisotopic (exact) mass is 209 g/mol. The summed E-state index contributed by atoms with van der Waals surface area (Å²) in [6.07, 6.45) is 1.03. The van der Waals surface area contributed by atoms with Gasteiger partial charge in [-0.2, -0.15) is 0 Å². The number of amides is 1. The van der Waals surface area contributed by atoms with E-state index < -0.39 is 23.3 Å². The molecule has 78 valence electrons. The lowest BCUT2D eigenvalue weighted by Gasteiger charge is -2.03. The van der Waals surface area contributed by atoms with Crippen LogP contribution in [0, 0.1) is 5.82 Å². The van der Waals surface area contributed by atoms with Crippen LogP contribution in [0.5, 0.6) is 0 Å². The first-order valence-electron chi connectivity index (χ1n) is 4.01. The van der Waals surface area contributed by atoms with Crippen LogP contribution in [0.2, 0.25) is 0 Å². The molecule has 1 amide bonds. The van der Waals surface area contributed by atoms with Gasteiger partial charge in [0.1, 0.15) is 5.82 Å². The number of carbonyl (C=O) groups excluding carboxylic acids is 1. The van der Waals surface area contributed by atoms with Crippen molar-refractivity contribution in [2.45, 2.75) is 0 Å². The van der Waals surface area contributed by atoms with Crippen LogP contribution in [-0.4, -0.2) is 17.0 Å². The Balaban J connectivity index is 2.96. The molecule has 0 aromatic heterocycles. The van der Waals surface area contributed by atoms with Gasteiger partial charge < -0.3 is 10.4 Å². The number of rotatable bonds is 3. The fraction of sp³-hybridized carbons (Fsp3) is 0. The Hall–Kier alpha value is -2.17. The van der Waals surface area contributed by atoms with E-state index in [9.17, 15) is 14.0 Å². The molecule has 0 bridgehead atoms. The number of hydrogen-bond acceptors (Lipinski definition) is 2. The molecule has 0 heterocycles. The third kappa shape index (κ3) is 2.63. The number of carbonyl (C=O) groups is 2. The quantitative estimate of drug-likeness (QED) is 0.744. The second-order valence-electron chi connectivity index (χ2n) is 2.69. The van der Waals surface area contributed by atoms with Crippen molar-refractivity contribution in [1.82, 2.24) is 0 Å². The molecule has 15 heavy (non-hydrogen) atoms. The van der Waals surface area contributed by atoms with Crippen LogP contribution in [0.3, 0.4) is 0 Å². The molecule has 0 saturated carbocycles. The van der Waals surface area contributed by atoms with Crippen LogP contribution in [0.1, 0.15) is 10.4 Å². The van der Waals surface area contributed by atoms with Crippen molar-refractivity contribution in [3.8, 4) is 0 Å². The molecule has 0 aliphatic carbocycles. The van der Waals surface area contributed by atoms with Crippen LogP contribution < -0.4 is 5.32 Å². The summed E-state index contributed by atoms with van der Waals surface area (Å²) in [7, 11) is 0. The molecule has 0 unspecified atom stereocenters. The molecule has 5 heteroatoms. The summed E-state index contributed by atoms with van der Waals surface area (Å²) in [5, 5.41) is 10.8. The van der Waals surface area contributed by atoms with E-state index in [1.807, 2.05) is 0 Å². The summed E-state index contributed by atoms with van der Waals surface area (Å²) in [5.74, 6) is -2.74. The zero-order valence-corrected chi connectivity index (χ0v) is 7.66. The topological polar surface area (TPSA) is 66.4 Å². The van der Waals surface area contributed by atoms with E-state index >= 15 is 0 Å². The Morgan fingerprint density at radius 3 is 2.60 bits per heavy atom. The van der Waals surface area contributed by atoms with E-state index in [0.717, 1.165) is 18.2 Å². The zero-order valence-electron chi connectivity index (χ0n) is 7.66. The zero-order chi connectivity index (χ0) is 11.4. The second-order valence-corrected chi connectivity index (χ2v) is 2.69. The minimum Gasteiger partial charge on any atom is -0.478 e. The summed E-state index contributed by atoms with van der Waals surface area (Å²) in [5.41, 5.74) is -0.256.